The lowest BCUT2D eigenvalue weighted by Crippen LogP contribution is -2.59. The fourth-order valence-electron chi connectivity index (χ4n) is 14.0. The number of carboxylic acid groups (broad SMARTS) is 1. The van der Waals surface area contributed by atoms with Gasteiger partial charge in [0.25, 0.3) is 15.6 Å². The molecular formula is C81H99N17O17S2. The first-order chi connectivity index (χ1) is 55.8. The van der Waals surface area contributed by atoms with E-state index in [2.05, 4.69) is 73.2 Å². The van der Waals surface area contributed by atoms with Gasteiger partial charge < -0.3 is 87.5 Å². The Bertz CT molecular complexity index is 5060. The van der Waals surface area contributed by atoms with Gasteiger partial charge in [0, 0.05) is 77.9 Å². The Morgan fingerprint density at radius 2 is 1.42 bits per heavy atom. The smallest absolute Gasteiger partial charge is 0.355 e. The van der Waals surface area contributed by atoms with E-state index in [1.807, 2.05) is 65.0 Å². The molecule has 0 aliphatic carbocycles. The molecular weight excluding hydrogens is 1550 g/mol. The van der Waals surface area contributed by atoms with Crippen molar-refractivity contribution in [3.63, 3.8) is 0 Å². The molecule has 7 atom stereocenters. The van der Waals surface area contributed by atoms with Crippen LogP contribution in [-0.4, -0.2) is 165 Å². The van der Waals surface area contributed by atoms with Gasteiger partial charge in [-0.2, -0.15) is 0 Å². The third kappa shape index (κ3) is 22.6. The lowest BCUT2D eigenvalue weighted by atomic mass is 9.85. The van der Waals surface area contributed by atoms with Gasteiger partial charge in [0.05, 0.1) is 64.9 Å². The number of carbonyl (C=O) groups excluding carboxylic acids is 10. The molecule has 34 nitrogen and oxygen atoms in total. The predicted molar refractivity (Wildman–Crippen MR) is 438 cm³/mol. The second-order valence-corrected chi connectivity index (χ2v) is 32.2. The molecule has 4 aromatic carbocycles. The zero-order chi connectivity index (χ0) is 84.4. The van der Waals surface area contributed by atoms with E-state index in [1.165, 1.54) is 66.0 Å². The number of imidazole rings is 1. The molecule has 7 aromatic rings. The number of nitrogens with one attached hydrogen (secondary N) is 13. The minimum Gasteiger partial charge on any atom is -0.481 e. The van der Waals surface area contributed by atoms with Crippen molar-refractivity contribution in [2.45, 2.75) is 179 Å². The number of aromatic nitrogens is 4. The standard InChI is InChI=1S/C81H99N17O17S2/c1-9-29-83-78(110)88-53-19-14-21-56(36-53)117(112,113)96-54-20-13-18-49(35-54)60(39-68(101)102)94-79(111)87-51-25-27-52(28-26-51)89-80(116)84-30-15-24-67(100)97-31-16-23-64(97)74(106)93-61(32-45(3)4)71(103)85-41-66(99)90-62(33-46(5)6)72(104)92-63(37-55-40-82-44-86-55)73(105)95-69(47(7)8)76(108)115-81(10-2)58-38-65-70-50(34-48-17-11-12-22-59(48)91-70)42-98(65)75(107)57(58)43-114-77(81)109/h11-14,17-22,25-28,34-36,38,40,44-47,60-64,69,96H,9-10,15-16,23-24,29-33,37,39,41-43H2,1-8H3,(H,82,86)(H,85,103)(H,90,99)(H,92,104)(H,93,106)(H,95,105)(H,101,102)(H2,83,88,110)(H2,84,89,116)(H2,87,94,111)/t60?,61-,62+,63+,64+,69+,81+/m0/s1. The number of ether oxygens (including phenoxy) is 2. The number of sulfonamides is 1. The molecule has 0 radical (unpaired) electrons. The average molecular weight is 1650 g/mol. The van der Waals surface area contributed by atoms with Gasteiger partial charge in [0.2, 0.25) is 41.0 Å². The number of carbonyl (C=O) groups is 11. The molecule has 0 spiro atoms. The Morgan fingerprint density at radius 1 is 0.726 bits per heavy atom. The molecule has 3 aromatic heterocycles. The van der Waals surface area contributed by atoms with Crippen LogP contribution < -0.4 is 68.8 Å². The molecule has 10 rings (SSSR count). The largest absolute Gasteiger partial charge is 0.481 e. The van der Waals surface area contributed by atoms with Gasteiger partial charge in [-0.25, -0.2) is 37.6 Å². The molecule has 3 aliphatic rings. The van der Waals surface area contributed by atoms with Gasteiger partial charge in [0.1, 0.15) is 36.8 Å². The topological polar surface area (TPSA) is 472 Å². The molecule has 6 heterocycles. The first-order valence-electron chi connectivity index (χ1n) is 38.9. The van der Waals surface area contributed by atoms with Crippen LogP contribution in [0.5, 0.6) is 0 Å². The zero-order valence-electron chi connectivity index (χ0n) is 66.1. The summed E-state index contributed by atoms with van der Waals surface area (Å²) in [5.74, 6) is -8.14. The van der Waals surface area contributed by atoms with E-state index in [-0.39, 0.29) is 108 Å². The fraction of sp³-hybridized carbons (Fsp3) is 0.420. The quantitative estimate of drug-likeness (QED) is 0.0109. The van der Waals surface area contributed by atoms with Crippen LogP contribution in [0.1, 0.15) is 147 Å². The molecule has 1 unspecified atom stereocenters. The van der Waals surface area contributed by atoms with E-state index in [0.717, 1.165) is 10.9 Å². The SMILES string of the molecule is CCCNC(=O)Nc1cccc(S(=O)(=O)Nc2cccc(C(CC(=O)O)NC(=O)Nc3ccc(NC(=S)NCCCC(=O)N4CCC[C@@H]4C(=O)N[C@@H](CC(C)C)C(=O)NCC(=O)N[C@H](CC(C)C)C(=O)N[C@H](Cc4c[nH]cn4)C(=O)N[C@@H](C(=O)O[C@@]4(CC)C(=O)OCc5c4cc4n(c5=O)Cc5cc6ccccc6nc5-4)C(C)C)cc3)c2)c1. The van der Waals surface area contributed by atoms with Gasteiger partial charge >= 0.3 is 30.0 Å². The summed E-state index contributed by atoms with van der Waals surface area (Å²) < 4.78 is 42.7. The second-order valence-electron chi connectivity index (χ2n) is 30.1. The third-order valence-electron chi connectivity index (χ3n) is 19.9. The monoisotopic (exact) mass is 1650 g/mol. The van der Waals surface area contributed by atoms with Crippen LogP contribution in [0, 0.1) is 17.8 Å². The summed E-state index contributed by atoms with van der Waals surface area (Å²) in [6.07, 6.45) is 4.13. The number of hydrogen-bond acceptors (Lipinski definition) is 19. The van der Waals surface area contributed by atoms with E-state index >= 15 is 0 Å². The first kappa shape index (κ1) is 87.1. The van der Waals surface area contributed by atoms with Crippen LogP contribution in [0.4, 0.5) is 32.3 Å². The number of nitrogens with zero attached hydrogens (tertiary/aromatic N) is 4. The third-order valence-corrected chi connectivity index (χ3v) is 21.5. The fourth-order valence-corrected chi connectivity index (χ4v) is 15.4. The number of para-hydroxylation sites is 1. The van der Waals surface area contributed by atoms with Crippen molar-refractivity contribution in [3.05, 3.63) is 160 Å². The number of cyclic esters (lactones) is 1. The number of rotatable bonds is 36. The van der Waals surface area contributed by atoms with Crippen molar-refractivity contribution in [3.8, 4) is 11.4 Å². The minimum atomic E-state index is -4.20. The van der Waals surface area contributed by atoms with Gasteiger partial charge in [0.15, 0.2) is 5.11 Å². The van der Waals surface area contributed by atoms with Crippen molar-refractivity contribution < 1.29 is 75.7 Å². The van der Waals surface area contributed by atoms with Crippen molar-refractivity contribution in [1.29, 1.82) is 0 Å². The van der Waals surface area contributed by atoms with Crippen LogP contribution >= 0.6 is 12.2 Å². The number of anilines is 4. The number of aliphatic carboxylic acids is 1. The number of amides is 10. The van der Waals surface area contributed by atoms with Crippen LogP contribution in [0.25, 0.3) is 22.3 Å². The summed E-state index contributed by atoms with van der Waals surface area (Å²) >= 11 is 5.51. The number of carboxylic acids is 1. The van der Waals surface area contributed by atoms with Gasteiger partial charge in [-0.15, -0.1) is 0 Å². The summed E-state index contributed by atoms with van der Waals surface area (Å²) in [5.41, 5.74) is 1.95. The highest BCUT2D eigenvalue weighted by Crippen LogP contribution is 2.42. The molecule has 0 saturated carbocycles. The lowest BCUT2D eigenvalue weighted by Gasteiger charge is -2.37. The number of urea groups is 2. The molecule has 1 fully saturated rings. The number of esters is 2. The summed E-state index contributed by atoms with van der Waals surface area (Å²) in [7, 11) is -4.20. The lowest BCUT2D eigenvalue weighted by molar-refractivity contribution is -0.191. The molecule has 0 bridgehead atoms. The number of H-pyrrole nitrogens is 1. The number of thiocarbonyl (C=S) groups is 1. The molecule has 3 aliphatic heterocycles. The number of fused-ring (bicyclic) bond motifs is 5. The van der Waals surface area contributed by atoms with E-state index in [4.69, 9.17) is 26.7 Å². The van der Waals surface area contributed by atoms with E-state index in [0.29, 0.717) is 72.7 Å². The molecule has 622 valence electrons. The first-order valence-corrected chi connectivity index (χ1v) is 40.7. The normalized spacial score (nSPS) is 16.0. The van der Waals surface area contributed by atoms with Gasteiger partial charge in [-0.3, -0.25) is 43.1 Å². The van der Waals surface area contributed by atoms with E-state index < -0.39 is 136 Å². The maximum atomic E-state index is 14.7. The Hall–Kier alpha value is -12.3. The molecule has 36 heteroatoms. The van der Waals surface area contributed by atoms with Crippen molar-refractivity contribution in [1.82, 2.24) is 67.0 Å². The van der Waals surface area contributed by atoms with Gasteiger partial charge in [-0.05, 0) is 153 Å². The van der Waals surface area contributed by atoms with Crippen molar-refractivity contribution >= 4 is 126 Å². The summed E-state index contributed by atoms with van der Waals surface area (Å²) in [4.78, 5) is 179. The molecule has 1 saturated heterocycles. The predicted octanol–water partition coefficient (Wildman–Crippen LogP) is 6.83. The number of likely N-dealkylation sites (tertiary alicyclic amines) is 1. The van der Waals surface area contributed by atoms with Crippen LogP contribution in [0.2, 0.25) is 0 Å². The van der Waals surface area contributed by atoms with E-state index in [9.17, 15) is 71.1 Å². The zero-order valence-corrected chi connectivity index (χ0v) is 67.8. The maximum Gasteiger partial charge on any atom is 0.355 e. The molecule has 117 heavy (non-hydrogen) atoms. The average Bonchev–Trinajstić information content (AvgIpc) is 1.61. The second kappa shape index (κ2) is 39.3. The summed E-state index contributed by atoms with van der Waals surface area (Å²) in [5, 5.41) is 41.1. The highest BCUT2D eigenvalue weighted by molar-refractivity contribution is 7.92. The highest BCUT2D eigenvalue weighted by atomic mass is 32.2. The van der Waals surface area contributed by atoms with Crippen molar-refractivity contribution in [2.24, 2.45) is 17.8 Å². The Kier molecular flexibility index (Phi) is 29.3. The summed E-state index contributed by atoms with van der Waals surface area (Å²) in [6, 6.07) is 20.5. The summed E-state index contributed by atoms with van der Waals surface area (Å²) in [6.45, 7) is 14.3. The number of pyridine rings is 2. The highest BCUT2D eigenvalue weighted by Gasteiger charge is 2.52. The number of aromatic amines is 1. The Labute approximate surface area is 681 Å². The number of hydrogen-bond donors (Lipinski definition) is 14. The Balaban J connectivity index is 0.680. The Morgan fingerprint density at radius 3 is 2.11 bits per heavy atom. The van der Waals surface area contributed by atoms with Crippen LogP contribution in [0.15, 0.2) is 131 Å². The molecule has 10 amide bonds. The minimum absolute atomic E-state index is 0.0419. The van der Waals surface area contributed by atoms with Gasteiger partial charge in [-0.1, -0.05) is 91.8 Å². The maximum absolute atomic E-state index is 14.7. The van der Waals surface area contributed by atoms with E-state index in [1.54, 1.807) is 55.7 Å². The van der Waals surface area contributed by atoms with Crippen LogP contribution in [-0.2, 0) is 87.8 Å². The van der Waals surface area contributed by atoms with Crippen LogP contribution in [0.3, 0.4) is 0 Å². The number of benzene rings is 4. The molecule has 14 N–H and O–H groups in total. The van der Waals surface area contributed by atoms with Crippen molar-refractivity contribution in [2.75, 3.05) is 46.9 Å².